The van der Waals surface area contributed by atoms with Gasteiger partial charge in [0, 0.05) is 24.0 Å². The highest BCUT2D eigenvalue weighted by molar-refractivity contribution is 6.09. The van der Waals surface area contributed by atoms with Gasteiger partial charge in [-0.1, -0.05) is 32.9 Å². The number of esters is 1. The van der Waals surface area contributed by atoms with Gasteiger partial charge in [0.2, 0.25) is 0 Å². The van der Waals surface area contributed by atoms with E-state index in [2.05, 4.69) is 15.4 Å². The standard InChI is InChI=1S/C22H24N4O4/c1-13-16-10-14(11-23-19(16)26(5)25-13)20(28)24-17-9-7-6-8-15(17)21(29)30-12-18(27)22(2,3)4/h6-11H,12H2,1-5H3,(H,24,28). The van der Waals surface area contributed by atoms with Gasteiger partial charge in [0.1, 0.15) is 0 Å². The quantitative estimate of drug-likeness (QED) is 0.650. The van der Waals surface area contributed by atoms with E-state index in [0.717, 1.165) is 11.1 Å². The fraction of sp³-hybridized carbons (Fsp3) is 0.318. The van der Waals surface area contributed by atoms with E-state index in [0.29, 0.717) is 16.9 Å². The van der Waals surface area contributed by atoms with Gasteiger partial charge in [0.05, 0.1) is 22.5 Å². The molecule has 0 saturated heterocycles. The van der Waals surface area contributed by atoms with Gasteiger partial charge in [0.15, 0.2) is 18.0 Å². The lowest BCUT2D eigenvalue weighted by molar-refractivity contribution is -0.129. The minimum atomic E-state index is -0.680. The molecule has 30 heavy (non-hydrogen) atoms. The Bertz CT molecular complexity index is 1140. The molecule has 3 rings (SSSR count). The van der Waals surface area contributed by atoms with Crippen LogP contribution in [0.1, 0.15) is 47.2 Å². The van der Waals surface area contributed by atoms with Gasteiger partial charge in [-0.3, -0.25) is 14.3 Å². The first-order valence-electron chi connectivity index (χ1n) is 9.48. The van der Waals surface area contributed by atoms with E-state index in [9.17, 15) is 14.4 Å². The fourth-order valence-corrected chi connectivity index (χ4v) is 2.82. The molecule has 1 aromatic carbocycles. The molecule has 0 saturated carbocycles. The number of carbonyl (C=O) groups excluding carboxylic acids is 3. The number of aryl methyl sites for hydroxylation is 2. The van der Waals surface area contributed by atoms with Crippen molar-refractivity contribution in [2.24, 2.45) is 12.5 Å². The minimum absolute atomic E-state index is 0.166. The number of benzene rings is 1. The van der Waals surface area contributed by atoms with Gasteiger partial charge < -0.3 is 10.1 Å². The first-order valence-corrected chi connectivity index (χ1v) is 9.48. The van der Waals surface area contributed by atoms with Crippen LogP contribution in [0.5, 0.6) is 0 Å². The van der Waals surface area contributed by atoms with Gasteiger partial charge in [-0.15, -0.1) is 0 Å². The molecule has 0 aliphatic carbocycles. The van der Waals surface area contributed by atoms with Crippen LogP contribution >= 0.6 is 0 Å². The fourth-order valence-electron chi connectivity index (χ4n) is 2.82. The molecule has 2 heterocycles. The number of nitrogens with zero attached hydrogens (tertiary/aromatic N) is 3. The second kappa shape index (κ2) is 8.06. The molecule has 0 bridgehead atoms. The normalized spacial score (nSPS) is 11.4. The monoisotopic (exact) mass is 408 g/mol. The average Bonchev–Trinajstić information content (AvgIpc) is 2.98. The van der Waals surface area contributed by atoms with Crippen molar-refractivity contribution in [1.29, 1.82) is 0 Å². The lowest BCUT2D eigenvalue weighted by atomic mass is 9.91. The summed E-state index contributed by atoms with van der Waals surface area (Å²) in [6.45, 7) is 6.78. The summed E-state index contributed by atoms with van der Waals surface area (Å²) < 4.78 is 6.81. The largest absolute Gasteiger partial charge is 0.454 e. The van der Waals surface area contributed by atoms with Crippen LogP contribution in [0.15, 0.2) is 36.5 Å². The Morgan fingerprint density at radius 2 is 1.87 bits per heavy atom. The Labute approximate surface area is 174 Å². The SMILES string of the molecule is Cc1nn(C)c2ncc(C(=O)Nc3ccccc3C(=O)OCC(=O)C(C)(C)C)cc12. The number of anilines is 1. The molecule has 1 N–H and O–H groups in total. The van der Waals surface area contributed by atoms with Crippen molar-refractivity contribution in [2.45, 2.75) is 27.7 Å². The van der Waals surface area contributed by atoms with Gasteiger partial charge in [-0.05, 0) is 25.1 Å². The minimum Gasteiger partial charge on any atom is -0.454 e. The molecule has 0 spiro atoms. The highest BCUT2D eigenvalue weighted by Crippen LogP contribution is 2.21. The van der Waals surface area contributed by atoms with Gasteiger partial charge in [-0.25, -0.2) is 9.78 Å². The molecular formula is C22H24N4O4. The Hall–Kier alpha value is -3.55. The molecule has 1 amide bonds. The average molecular weight is 408 g/mol. The lowest BCUT2D eigenvalue weighted by Gasteiger charge is -2.16. The molecule has 8 heteroatoms. The van der Waals surface area contributed by atoms with Crippen LogP contribution in [0, 0.1) is 12.3 Å². The van der Waals surface area contributed by atoms with Crippen molar-refractivity contribution in [3.05, 3.63) is 53.3 Å². The lowest BCUT2D eigenvalue weighted by Crippen LogP contribution is -2.26. The zero-order valence-electron chi connectivity index (χ0n) is 17.6. The Morgan fingerprint density at radius 3 is 2.57 bits per heavy atom. The molecule has 0 atom stereocenters. The van der Waals surface area contributed by atoms with E-state index >= 15 is 0 Å². The summed E-state index contributed by atoms with van der Waals surface area (Å²) in [5.74, 6) is -1.29. The highest BCUT2D eigenvalue weighted by Gasteiger charge is 2.24. The van der Waals surface area contributed by atoms with Crippen molar-refractivity contribution < 1.29 is 19.1 Å². The molecule has 0 aliphatic rings. The smallest absolute Gasteiger partial charge is 0.340 e. The van der Waals surface area contributed by atoms with Gasteiger partial charge >= 0.3 is 5.97 Å². The summed E-state index contributed by atoms with van der Waals surface area (Å²) in [7, 11) is 1.79. The summed E-state index contributed by atoms with van der Waals surface area (Å²) in [4.78, 5) is 41.6. The topological polar surface area (TPSA) is 103 Å². The van der Waals surface area contributed by atoms with Crippen LogP contribution in [0.25, 0.3) is 11.0 Å². The number of nitrogens with one attached hydrogen (secondary N) is 1. The van der Waals surface area contributed by atoms with Gasteiger partial charge in [0.25, 0.3) is 5.91 Å². The van der Waals surface area contributed by atoms with Crippen molar-refractivity contribution in [1.82, 2.24) is 14.8 Å². The van der Waals surface area contributed by atoms with E-state index in [1.165, 1.54) is 12.3 Å². The maximum Gasteiger partial charge on any atom is 0.340 e. The van der Waals surface area contributed by atoms with Crippen molar-refractivity contribution in [3.63, 3.8) is 0 Å². The molecule has 0 aliphatic heterocycles. The number of pyridine rings is 1. The van der Waals surface area contributed by atoms with E-state index < -0.39 is 17.3 Å². The predicted octanol–water partition coefficient (Wildman–Crippen LogP) is 3.30. The number of hydrogen-bond donors (Lipinski definition) is 1. The maximum atomic E-state index is 12.8. The summed E-state index contributed by atoms with van der Waals surface area (Å²) in [6, 6.07) is 8.19. The number of amides is 1. The van der Waals surface area contributed by atoms with E-state index in [1.54, 1.807) is 56.8 Å². The number of para-hydroxylation sites is 1. The van der Waals surface area contributed by atoms with Crippen molar-refractivity contribution in [3.8, 4) is 0 Å². The zero-order chi connectivity index (χ0) is 22.1. The van der Waals surface area contributed by atoms with E-state index in [1.807, 2.05) is 6.92 Å². The third-order valence-corrected chi connectivity index (χ3v) is 4.69. The van der Waals surface area contributed by atoms with E-state index in [-0.39, 0.29) is 18.0 Å². The van der Waals surface area contributed by atoms with Crippen LogP contribution in [-0.2, 0) is 16.6 Å². The number of ketones is 1. The van der Waals surface area contributed by atoms with E-state index in [4.69, 9.17) is 4.74 Å². The number of aromatic nitrogens is 3. The number of carbonyl (C=O) groups is 3. The second-order valence-electron chi connectivity index (χ2n) is 8.05. The Balaban J connectivity index is 1.79. The highest BCUT2D eigenvalue weighted by atomic mass is 16.5. The zero-order valence-corrected chi connectivity index (χ0v) is 17.6. The predicted molar refractivity (Wildman–Crippen MR) is 112 cm³/mol. The molecular weight excluding hydrogens is 384 g/mol. The molecule has 8 nitrogen and oxygen atoms in total. The summed E-state index contributed by atoms with van der Waals surface area (Å²) >= 11 is 0. The first-order chi connectivity index (χ1) is 14.1. The van der Waals surface area contributed by atoms with Crippen LogP contribution in [0.2, 0.25) is 0 Å². The summed E-state index contributed by atoms with van der Waals surface area (Å²) in [5, 5.41) is 7.80. The van der Waals surface area contributed by atoms with Crippen LogP contribution < -0.4 is 5.32 Å². The van der Waals surface area contributed by atoms with Gasteiger partial charge in [-0.2, -0.15) is 5.10 Å². The summed E-state index contributed by atoms with van der Waals surface area (Å²) in [6.07, 6.45) is 1.46. The first kappa shape index (κ1) is 21.2. The number of rotatable bonds is 5. The maximum absolute atomic E-state index is 12.8. The molecule has 0 radical (unpaired) electrons. The number of fused-ring (bicyclic) bond motifs is 1. The molecule has 156 valence electrons. The van der Waals surface area contributed by atoms with Crippen LogP contribution in [0.3, 0.4) is 0 Å². The number of hydrogen-bond acceptors (Lipinski definition) is 6. The number of Topliss-reactive ketones (excluding diaryl/α,β-unsaturated/α-hetero) is 1. The molecule has 2 aromatic heterocycles. The number of ether oxygens (including phenoxy) is 1. The van der Waals surface area contributed by atoms with Crippen molar-refractivity contribution >= 4 is 34.4 Å². The van der Waals surface area contributed by atoms with Crippen LogP contribution in [-0.4, -0.2) is 39.0 Å². The third kappa shape index (κ3) is 4.37. The Morgan fingerprint density at radius 1 is 1.17 bits per heavy atom. The molecule has 0 unspecified atom stereocenters. The van der Waals surface area contributed by atoms with Crippen LogP contribution in [0.4, 0.5) is 5.69 Å². The van der Waals surface area contributed by atoms with Crippen molar-refractivity contribution in [2.75, 3.05) is 11.9 Å². The Kier molecular flexibility index (Phi) is 5.69. The third-order valence-electron chi connectivity index (χ3n) is 4.69. The second-order valence-corrected chi connectivity index (χ2v) is 8.05. The molecule has 3 aromatic rings. The molecule has 0 fully saturated rings. The summed E-state index contributed by atoms with van der Waals surface area (Å²) in [5.41, 5.74) is 1.63.